The van der Waals surface area contributed by atoms with E-state index in [1.165, 1.54) is 31.0 Å². The van der Waals surface area contributed by atoms with E-state index in [-0.39, 0.29) is 0 Å². The molecule has 0 spiro atoms. The lowest BCUT2D eigenvalue weighted by atomic mass is 10.0. The Balaban J connectivity index is 2.20. The topological polar surface area (TPSA) is 40.5 Å². The normalized spacial score (nSPS) is 19.9. The summed E-state index contributed by atoms with van der Waals surface area (Å²) >= 11 is 0. The first-order chi connectivity index (χ1) is 9.08. The quantitative estimate of drug-likeness (QED) is 0.845. The maximum atomic E-state index is 10.5. The van der Waals surface area contributed by atoms with Crippen LogP contribution in [0.1, 0.15) is 37.3 Å². The summed E-state index contributed by atoms with van der Waals surface area (Å²) in [7, 11) is 0. The molecule has 0 bridgehead atoms. The number of aliphatic carboxylic acids is 1. The van der Waals surface area contributed by atoms with Crippen LogP contribution in [0, 0.1) is 6.92 Å². The number of hydrogen-bond acceptors (Lipinski definition) is 2. The molecule has 0 radical (unpaired) electrons. The van der Waals surface area contributed by atoms with Crippen molar-refractivity contribution in [1.29, 1.82) is 0 Å². The lowest BCUT2D eigenvalue weighted by Crippen LogP contribution is -2.37. The third-order valence-corrected chi connectivity index (χ3v) is 3.79. The van der Waals surface area contributed by atoms with E-state index >= 15 is 0 Å². The fourth-order valence-electron chi connectivity index (χ4n) is 2.67. The van der Waals surface area contributed by atoms with E-state index in [0.717, 1.165) is 17.7 Å². The molecule has 3 heteroatoms. The lowest BCUT2D eigenvalue weighted by molar-refractivity contribution is -0.131. The van der Waals surface area contributed by atoms with Gasteiger partial charge in [-0.2, -0.15) is 0 Å². The highest BCUT2D eigenvalue weighted by atomic mass is 16.4. The zero-order chi connectivity index (χ0) is 13.8. The lowest BCUT2D eigenvalue weighted by Gasteiger charge is -2.35. The van der Waals surface area contributed by atoms with E-state index in [1.54, 1.807) is 6.08 Å². The number of rotatable bonds is 3. The van der Waals surface area contributed by atoms with Gasteiger partial charge in [-0.05, 0) is 62.4 Å². The van der Waals surface area contributed by atoms with Crippen LogP contribution < -0.4 is 4.90 Å². The van der Waals surface area contributed by atoms with E-state index in [1.807, 2.05) is 13.0 Å². The van der Waals surface area contributed by atoms with Crippen molar-refractivity contribution in [3.05, 3.63) is 35.4 Å². The fourth-order valence-corrected chi connectivity index (χ4v) is 2.67. The second kappa shape index (κ2) is 5.91. The first-order valence-corrected chi connectivity index (χ1v) is 6.86. The molecule has 1 atom stereocenters. The van der Waals surface area contributed by atoms with Gasteiger partial charge in [-0.1, -0.05) is 6.07 Å². The van der Waals surface area contributed by atoms with Gasteiger partial charge in [-0.15, -0.1) is 0 Å². The summed E-state index contributed by atoms with van der Waals surface area (Å²) in [6, 6.07) is 6.85. The van der Waals surface area contributed by atoms with Crippen LogP contribution in [0.4, 0.5) is 5.69 Å². The predicted molar refractivity (Wildman–Crippen MR) is 78.5 cm³/mol. The zero-order valence-corrected chi connectivity index (χ0v) is 11.6. The van der Waals surface area contributed by atoms with Crippen molar-refractivity contribution >= 4 is 17.7 Å². The molecule has 1 aromatic rings. The van der Waals surface area contributed by atoms with Gasteiger partial charge in [0.1, 0.15) is 0 Å². The molecule has 1 heterocycles. The van der Waals surface area contributed by atoms with Gasteiger partial charge in [0.2, 0.25) is 0 Å². The van der Waals surface area contributed by atoms with Crippen LogP contribution in [-0.2, 0) is 4.79 Å². The minimum Gasteiger partial charge on any atom is -0.478 e. The van der Waals surface area contributed by atoms with Gasteiger partial charge < -0.3 is 10.0 Å². The van der Waals surface area contributed by atoms with Crippen LogP contribution >= 0.6 is 0 Å². The number of hydrogen-bond donors (Lipinski definition) is 1. The standard InChI is InChI=1S/C16H21NO2/c1-12-11-15(17-10-4-3-5-13(17)2)8-6-14(12)7-9-16(18)19/h6-9,11,13H,3-5,10H2,1-2H3,(H,18,19). The molecule has 1 fully saturated rings. The second-order valence-electron chi connectivity index (χ2n) is 5.25. The van der Waals surface area contributed by atoms with Gasteiger partial charge in [-0.3, -0.25) is 0 Å². The van der Waals surface area contributed by atoms with Crippen LogP contribution in [0.2, 0.25) is 0 Å². The molecule has 1 saturated heterocycles. The van der Waals surface area contributed by atoms with Gasteiger partial charge in [-0.25, -0.2) is 4.79 Å². The van der Waals surface area contributed by atoms with Crippen molar-refractivity contribution in [2.75, 3.05) is 11.4 Å². The molecule has 0 saturated carbocycles. The molecule has 0 amide bonds. The van der Waals surface area contributed by atoms with Crippen molar-refractivity contribution in [3.8, 4) is 0 Å². The molecular weight excluding hydrogens is 238 g/mol. The minimum absolute atomic E-state index is 0.591. The van der Waals surface area contributed by atoms with Crippen LogP contribution in [0.5, 0.6) is 0 Å². The molecule has 1 aromatic carbocycles. The Morgan fingerprint density at radius 1 is 1.42 bits per heavy atom. The Hall–Kier alpha value is -1.77. The Morgan fingerprint density at radius 2 is 2.21 bits per heavy atom. The van der Waals surface area contributed by atoms with Crippen molar-refractivity contribution in [2.24, 2.45) is 0 Å². The van der Waals surface area contributed by atoms with Crippen LogP contribution in [0.3, 0.4) is 0 Å². The van der Waals surface area contributed by atoms with Crippen LogP contribution in [0.25, 0.3) is 6.08 Å². The van der Waals surface area contributed by atoms with Crippen molar-refractivity contribution in [2.45, 2.75) is 39.2 Å². The molecule has 1 aliphatic heterocycles. The maximum Gasteiger partial charge on any atom is 0.328 e. The number of aryl methyl sites for hydroxylation is 1. The van der Waals surface area contributed by atoms with E-state index in [9.17, 15) is 4.79 Å². The Kier molecular flexibility index (Phi) is 4.25. The highest BCUT2D eigenvalue weighted by Gasteiger charge is 2.18. The Labute approximate surface area is 114 Å². The summed E-state index contributed by atoms with van der Waals surface area (Å²) in [4.78, 5) is 13.0. The van der Waals surface area contributed by atoms with Crippen molar-refractivity contribution in [1.82, 2.24) is 0 Å². The van der Waals surface area contributed by atoms with Gasteiger partial charge >= 0.3 is 5.97 Å². The number of carboxylic acid groups (broad SMARTS) is 1. The number of anilines is 1. The van der Waals surface area contributed by atoms with Gasteiger partial charge in [0.25, 0.3) is 0 Å². The molecule has 1 N–H and O–H groups in total. The molecule has 0 aliphatic carbocycles. The highest BCUT2D eigenvalue weighted by molar-refractivity contribution is 5.85. The highest BCUT2D eigenvalue weighted by Crippen LogP contribution is 2.26. The largest absolute Gasteiger partial charge is 0.478 e. The third-order valence-electron chi connectivity index (χ3n) is 3.79. The minimum atomic E-state index is -0.909. The van der Waals surface area contributed by atoms with Crippen LogP contribution in [-0.4, -0.2) is 23.7 Å². The van der Waals surface area contributed by atoms with Gasteiger partial charge in [0, 0.05) is 24.4 Å². The summed E-state index contributed by atoms with van der Waals surface area (Å²) in [6.45, 7) is 5.41. The van der Waals surface area contributed by atoms with Gasteiger partial charge in [0.15, 0.2) is 0 Å². The molecule has 1 unspecified atom stereocenters. The van der Waals surface area contributed by atoms with Crippen molar-refractivity contribution in [3.63, 3.8) is 0 Å². The van der Waals surface area contributed by atoms with Crippen molar-refractivity contribution < 1.29 is 9.90 Å². The first kappa shape index (κ1) is 13.7. The maximum absolute atomic E-state index is 10.5. The zero-order valence-electron chi connectivity index (χ0n) is 11.6. The number of benzene rings is 1. The third kappa shape index (κ3) is 3.37. The molecule has 102 valence electrons. The molecule has 19 heavy (non-hydrogen) atoms. The average Bonchev–Trinajstić information content (AvgIpc) is 2.37. The van der Waals surface area contributed by atoms with E-state index in [2.05, 4.69) is 24.0 Å². The SMILES string of the molecule is Cc1cc(N2CCCCC2C)ccc1C=CC(=O)O. The summed E-state index contributed by atoms with van der Waals surface area (Å²) in [5.74, 6) is -0.909. The van der Waals surface area contributed by atoms with Gasteiger partial charge in [0.05, 0.1) is 0 Å². The molecule has 0 aromatic heterocycles. The summed E-state index contributed by atoms with van der Waals surface area (Å²) in [5.41, 5.74) is 3.33. The predicted octanol–water partition coefficient (Wildman–Crippen LogP) is 3.47. The molecule has 1 aliphatic rings. The fraction of sp³-hybridized carbons (Fsp3) is 0.438. The summed E-state index contributed by atoms with van der Waals surface area (Å²) < 4.78 is 0. The van der Waals surface area contributed by atoms with E-state index < -0.39 is 5.97 Å². The number of carboxylic acids is 1. The average molecular weight is 259 g/mol. The Morgan fingerprint density at radius 3 is 2.84 bits per heavy atom. The number of piperidine rings is 1. The summed E-state index contributed by atoms with van der Waals surface area (Å²) in [6.07, 6.45) is 6.66. The number of nitrogens with zero attached hydrogens (tertiary/aromatic N) is 1. The first-order valence-electron chi connectivity index (χ1n) is 6.86. The Bertz CT molecular complexity index is 494. The monoisotopic (exact) mass is 259 g/mol. The van der Waals surface area contributed by atoms with E-state index in [0.29, 0.717) is 6.04 Å². The van der Waals surface area contributed by atoms with Crippen LogP contribution in [0.15, 0.2) is 24.3 Å². The smallest absolute Gasteiger partial charge is 0.328 e. The molecular formula is C16H21NO2. The summed E-state index contributed by atoms with van der Waals surface area (Å²) in [5, 5.41) is 8.66. The molecule has 3 nitrogen and oxygen atoms in total. The van der Waals surface area contributed by atoms with E-state index in [4.69, 9.17) is 5.11 Å². The number of carbonyl (C=O) groups is 1. The molecule has 2 rings (SSSR count). The second-order valence-corrected chi connectivity index (χ2v) is 5.25.